The summed E-state index contributed by atoms with van der Waals surface area (Å²) in [7, 11) is 0. The maximum atomic E-state index is 5.39. The van der Waals surface area contributed by atoms with Crippen molar-refractivity contribution in [3.05, 3.63) is 48.7 Å². The number of ether oxygens (including phenoxy) is 1. The zero-order valence-electron chi connectivity index (χ0n) is 12.1. The molecule has 0 aliphatic carbocycles. The van der Waals surface area contributed by atoms with Gasteiger partial charge in [0.1, 0.15) is 0 Å². The van der Waals surface area contributed by atoms with Gasteiger partial charge in [0.05, 0.1) is 13.2 Å². The second-order valence-electron chi connectivity index (χ2n) is 5.21. The predicted octanol–water partition coefficient (Wildman–Crippen LogP) is 2.31. The molecule has 6 heteroatoms. The Kier molecular flexibility index (Phi) is 3.36. The lowest BCUT2D eigenvalue weighted by Crippen LogP contribution is -2.36. The summed E-state index contributed by atoms with van der Waals surface area (Å²) in [6.45, 7) is 3.39. The molecule has 4 rings (SSSR count). The van der Waals surface area contributed by atoms with Crippen molar-refractivity contribution in [2.24, 2.45) is 0 Å². The van der Waals surface area contributed by atoms with E-state index in [2.05, 4.69) is 32.4 Å². The second-order valence-corrected chi connectivity index (χ2v) is 5.21. The van der Waals surface area contributed by atoms with Gasteiger partial charge in [0, 0.05) is 36.7 Å². The molecule has 1 N–H and O–H groups in total. The van der Waals surface area contributed by atoms with Gasteiger partial charge in [0.25, 0.3) is 0 Å². The molecule has 0 radical (unpaired) electrons. The monoisotopic (exact) mass is 295 g/mol. The van der Waals surface area contributed by atoms with Crippen LogP contribution in [0, 0.1) is 0 Å². The van der Waals surface area contributed by atoms with Crippen LogP contribution in [0.4, 0.5) is 17.3 Å². The fourth-order valence-corrected chi connectivity index (χ4v) is 2.59. The van der Waals surface area contributed by atoms with Crippen LogP contribution in [0.25, 0.3) is 5.65 Å². The van der Waals surface area contributed by atoms with E-state index < -0.39 is 0 Å². The fraction of sp³-hybridized carbons (Fsp3) is 0.250. The quantitative estimate of drug-likeness (QED) is 0.803. The first-order chi connectivity index (χ1) is 10.9. The summed E-state index contributed by atoms with van der Waals surface area (Å²) in [4.78, 5) is 6.85. The molecule has 3 aromatic rings. The summed E-state index contributed by atoms with van der Waals surface area (Å²) < 4.78 is 7.18. The van der Waals surface area contributed by atoms with Crippen molar-refractivity contribution in [3.8, 4) is 0 Å². The normalized spacial score (nSPS) is 15.2. The number of para-hydroxylation sites is 1. The van der Waals surface area contributed by atoms with Crippen molar-refractivity contribution >= 4 is 23.0 Å². The highest BCUT2D eigenvalue weighted by molar-refractivity contribution is 5.60. The Morgan fingerprint density at radius 3 is 2.68 bits per heavy atom. The van der Waals surface area contributed by atoms with E-state index in [9.17, 15) is 0 Å². The smallest absolute Gasteiger partial charge is 0.247 e. The molecule has 0 bridgehead atoms. The summed E-state index contributed by atoms with van der Waals surface area (Å²) in [6.07, 6.45) is 1.95. The van der Waals surface area contributed by atoms with E-state index in [1.54, 1.807) is 4.52 Å². The van der Waals surface area contributed by atoms with Crippen molar-refractivity contribution < 1.29 is 4.74 Å². The summed E-state index contributed by atoms with van der Waals surface area (Å²) in [5, 5.41) is 7.66. The fourth-order valence-electron chi connectivity index (χ4n) is 2.59. The van der Waals surface area contributed by atoms with E-state index in [0.29, 0.717) is 5.95 Å². The SMILES string of the molecule is c1ccc(Nc2nc3cc(N4CCOCC4)ccn3n2)cc1. The zero-order valence-corrected chi connectivity index (χ0v) is 12.1. The molecular formula is C16H17N5O. The van der Waals surface area contributed by atoms with Gasteiger partial charge in [-0.2, -0.15) is 4.98 Å². The van der Waals surface area contributed by atoms with Crippen LogP contribution in [0.3, 0.4) is 0 Å². The average Bonchev–Trinajstić information content (AvgIpc) is 2.98. The molecule has 22 heavy (non-hydrogen) atoms. The van der Waals surface area contributed by atoms with Gasteiger partial charge in [0.2, 0.25) is 5.95 Å². The van der Waals surface area contributed by atoms with Crippen LogP contribution in [0.2, 0.25) is 0 Å². The third-order valence-corrected chi connectivity index (χ3v) is 3.73. The third kappa shape index (κ3) is 2.60. The Morgan fingerprint density at radius 1 is 1.05 bits per heavy atom. The van der Waals surface area contributed by atoms with E-state index in [1.165, 1.54) is 0 Å². The van der Waals surface area contributed by atoms with Crippen molar-refractivity contribution in [1.29, 1.82) is 0 Å². The van der Waals surface area contributed by atoms with Gasteiger partial charge in [-0.15, -0.1) is 5.10 Å². The first-order valence-corrected chi connectivity index (χ1v) is 7.40. The van der Waals surface area contributed by atoms with Gasteiger partial charge in [-0.1, -0.05) is 18.2 Å². The maximum Gasteiger partial charge on any atom is 0.247 e. The van der Waals surface area contributed by atoms with Gasteiger partial charge in [-0.05, 0) is 18.2 Å². The number of nitrogens with one attached hydrogen (secondary N) is 1. The zero-order chi connectivity index (χ0) is 14.8. The molecular weight excluding hydrogens is 278 g/mol. The largest absolute Gasteiger partial charge is 0.378 e. The lowest BCUT2D eigenvalue weighted by molar-refractivity contribution is 0.122. The van der Waals surface area contributed by atoms with Crippen LogP contribution in [0.1, 0.15) is 0 Å². The molecule has 112 valence electrons. The minimum absolute atomic E-state index is 0.602. The van der Waals surface area contributed by atoms with Crippen LogP contribution in [0.5, 0.6) is 0 Å². The van der Waals surface area contributed by atoms with Gasteiger partial charge < -0.3 is 15.0 Å². The number of nitrogens with zero attached hydrogens (tertiary/aromatic N) is 4. The first kappa shape index (κ1) is 13.1. The van der Waals surface area contributed by atoms with E-state index in [-0.39, 0.29) is 0 Å². The highest BCUT2D eigenvalue weighted by Crippen LogP contribution is 2.19. The van der Waals surface area contributed by atoms with Crippen LogP contribution in [-0.4, -0.2) is 40.9 Å². The first-order valence-electron chi connectivity index (χ1n) is 7.40. The van der Waals surface area contributed by atoms with Gasteiger partial charge >= 0.3 is 0 Å². The molecule has 1 aliphatic rings. The minimum atomic E-state index is 0.602. The standard InChI is InChI=1S/C16H17N5O/c1-2-4-13(5-3-1)17-16-18-15-12-14(6-7-21(15)19-16)20-8-10-22-11-9-20/h1-7,12H,8-11H2,(H,17,19). The lowest BCUT2D eigenvalue weighted by Gasteiger charge is -2.28. The van der Waals surface area contributed by atoms with Gasteiger partial charge in [-0.3, -0.25) is 0 Å². The molecule has 3 heterocycles. The second kappa shape index (κ2) is 5.65. The molecule has 1 saturated heterocycles. The Bertz CT molecular complexity index is 765. The highest BCUT2D eigenvalue weighted by atomic mass is 16.5. The number of anilines is 3. The molecule has 1 aliphatic heterocycles. The Hall–Kier alpha value is -2.60. The number of hydrogen-bond acceptors (Lipinski definition) is 5. The van der Waals surface area contributed by atoms with E-state index in [4.69, 9.17) is 4.74 Å². The minimum Gasteiger partial charge on any atom is -0.378 e. The molecule has 0 spiro atoms. The van der Waals surface area contributed by atoms with Crippen LogP contribution in [0.15, 0.2) is 48.7 Å². The molecule has 0 unspecified atom stereocenters. The number of aromatic nitrogens is 3. The molecule has 0 saturated carbocycles. The summed E-state index contributed by atoms with van der Waals surface area (Å²) in [6, 6.07) is 14.1. The molecule has 0 atom stereocenters. The van der Waals surface area contributed by atoms with Crippen LogP contribution < -0.4 is 10.2 Å². The van der Waals surface area contributed by atoms with Crippen LogP contribution >= 0.6 is 0 Å². The topological polar surface area (TPSA) is 54.7 Å². The molecule has 2 aromatic heterocycles. The van der Waals surface area contributed by atoms with Crippen LogP contribution in [-0.2, 0) is 4.74 Å². The van der Waals surface area contributed by atoms with Gasteiger partial charge in [-0.25, -0.2) is 4.52 Å². The van der Waals surface area contributed by atoms with Gasteiger partial charge in [0.15, 0.2) is 5.65 Å². The summed E-state index contributed by atoms with van der Waals surface area (Å²) in [5.74, 6) is 0.602. The highest BCUT2D eigenvalue weighted by Gasteiger charge is 2.12. The summed E-state index contributed by atoms with van der Waals surface area (Å²) >= 11 is 0. The van der Waals surface area contributed by atoms with E-state index in [0.717, 1.165) is 43.3 Å². The molecule has 1 aromatic carbocycles. The van der Waals surface area contributed by atoms with E-state index >= 15 is 0 Å². The Labute approximate surface area is 128 Å². The molecule has 1 fully saturated rings. The third-order valence-electron chi connectivity index (χ3n) is 3.73. The van der Waals surface area contributed by atoms with Crippen molar-refractivity contribution in [2.45, 2.75) is 0 Å². The average molecular weight is 295 g/mol. The number of pyridine rings is 1. The Morgan fingerprint density at radius 2 is 1.86 bits per heavy atom. The number of morpholine rings is 1. The van der Waals surface area contributed by atoms with Crippen molar-refractivity contribution in [1.82, 2.24) is 14.6 Å². The van der Waals surface area contributed by atoms with Crippen molar-refractivity contribution in [2.75, 3.05) is 36.5 Å². The number of hydrogen-bond donors (Lipinski definition) is 1. The van der Waals surface area contributed by atoms with Crippen molar-refractivity contribution in [3.63, 3.8) is 0 Å². The maximum absolute atomic E-state index is 5.39. The predicted molar refractivity (Wildman–Crippen MR) is 85.7 cm³/mol. The van der Waals surface area contributed by atoms with E-state index in [1.807, 2.05) is 36.5 Å². The lowest BCUT2D eigenvalue weighted by atomic mass is 10.3. The number of benzene rings is 1. The number of rotatable bonds is 3. The number of fused-ring (bicyclic) bond motifs is 1. The summed E-state index contributed by atoms with van der Waals surface area (Å²) in [5.41, 5.74) is 2.98. The molecule has 6 nitrogen and oxygen atoms in total. The Balaban J connectivity index is 1.60. The molecule has 0 amide bonds.